The summed E-state index contributed by atoms with van der Waals surface area (Å²) in [4.78, 5) is 12.6. The SMILES string of the molecule is c1ccc(-c2ccc(N(c3ccc(-c4ccc(-c5nc(-c6ccccc6)cc(-c6ccc7ccccc7c6)n5)cc4)cc3)c3cccc4ccccc34)cc2)cc1. The third-order valence-electron chi connectivity index (χ3n) is 10.7. The van der Waals surface area contributed by atoms with Crippen LogP contribution in [0.15, 0.2) is 224 Å². The van der Waals surface area contributed by atoms with Gasteiger partial charge in [0.15, 0.2) is 5.82 Å². The van der Waals surface area contributed by atoms with Gasteiger partial charge >= 0.3 is 0 Å². The molecule has 0 aliphatic rings. The van der Waals surface area contributed by atoms with Crippen molar-refractivity contribution in [2.45, 2.75) is 0 Å². The van der Waals surface area contributed by atoms with E-state index in [1.807, 2.05) is 6.07 Å². The Bertz CT molecular complexity index is 2970. The van der Waals surface area contributed by atoms with Crippen LogP contribution in [0.5, 0.6) is 0 Å². The van der Waals surface area contributed by atoms with Gasteiger partial charge < -0.3 is 4.90 Å². The molecule has 0 aliphatic heterocycles. The van der Waals surface area contributed by atoms with Crippen LogP contribution in [0.4, 0.5) is 17.1 Å². The van der Waals surface area contributed by atoms with Crippen molar-refractivity contribution in [2.75, 3.05) is 4.90 Å². The van der Waals surface area contributed by atoms with E-state index in [0.717, 1.165) is 56.3 Å². The molecule has 10 aromatic rings. The summed E-state index contributed by atoms with van der Waals surface area (Å²) in [6, 6.07) is 79.4. The molecule has 0 radical (unpaired) electrons. The van der Waals surface area contributed by atoms with Gasteiger partial charge in [0.05, 0.1) is 17.1 Å². The average molecular weight is 728 g/mol. The van der Waals surface area contributed by atoms with Gasteiger partial charge in [0.2, 0.25) is 0 Å². The molecule has 268 valence electrons. The molecule has 3 heteroatoms. The van der Waals surface area contributed by atoms with Gasteiger partial charge in [-0.3, -0.25) is 0 Å². The molecule has 0 saturated heterocycles. The maximum atomic E-state index is 5.12. The Morgan fingerprint density at radius 3 is 1.39 bits per heavy atom. The van der Waals surface area contributed by atoms with E-state index >= 15 is 0 Å². The van der Waals surface area contributed by atoms with E-state index in [4.69, 9.17) is 9.97 Å². The summed E-state index contributed by atoms with van der Waals surface area (Å²) in [5.41, 5.74) is 12.9. The zero-order valence-corrected chi connectivity index (χ0v) is 31.2. The number of hydrogen-bond acceptors (Lipinski definition) is 3. The third kappa shape index (κ3) is 6.84. The molecule has 9 aromatic carbocycles. The van der Waals surface area contributed by atoms with E-state index in [1.165, 1.54) is 32.7 Å². The number of benzene rings is 9. The number of fused-ring (bicyclic) bond motifs is 2. The lowest BCUT2D eigenvalue weighted by Gasteiger charge is -2.27. The predicted octanol–water partition coefficient (Wildman–Crippen LogP) is 14.6. The molecule has 3 nitrogen and oxygen atoms in total. The molecule has 0 unspecified atom stereocenters. The zero-order valence-electron chi connectivity index (χ0n) is 31.2. The van der Waals surface area contributed by atoms with Crippen LogP contribution in [0.3, 0.4) is 0 Å². The highest BCUT2D eigenvalue weighted by molar-refractivity contribution is 5.99. The van der Waals surface area contributed by atoms with Crippen LogP contribution in [0.1, 0.15) is 0 Å². The highest BCUT2D eigenvalue weighted by Gasteiger charge is 2.17. The predicted molar refractivity (Wildman–Crippen MR) is 239 cm³/mol. The van der Waals surface area contributed by atoms with Gasteiger partial charge in [0, 0.05) is 33.5 Å². The van der Waals surface area contributed by atoms with E-state index in [0.29, 0.717) is 5.82 Å². The largest absolute Gasteiger partial charge is 0.310 e. The first-order chi connectivity index (χ1) is 28.2. The van der Waals surface area contributed by atoms with E-state index in [-0.39, 0.29) is 0 Å². The van der Waals surface area contributed by atoms with E-state index in [1.54, 1.807) is 0 Å². The molecular formula is C54H37N3. The monoisotopic (exact) mass is 727 g/mol. The van der Waals surface area contributed by atoms with Crippen LogP contribution in [-0.4, -0.2) is 9.97 Å². The van der Waals surface area contributed by atoms with Crippen molar-refractivity contribution in [2.24, 2.45) is 0 Å². The minimum atomic E-state index is 0.699. The normalized spacial score (nSPS) is 11.2. The average Bonchev–Trinajstić information content (AvgIpc) is 3.30. The number of hydrogen-bond donors (Lipinski definition) is 0. The molecule has 1 aromatic heterocycles. The Morgan fingerprint density at radius 1 is 0.281 bits per heavy atom. The van der Waals surface area contributed by atoms with Gasteiger partial charge in [-0.15, -0.1) is 0 Å². The van der Waals surface area contributed by atoms with Crippen LogP contribution in [0.2, 0.25) is 0 Å². The number of anilines is 3. The van der Waals surface area contributed by atoms with Crippen molar-refractivity contribution in [3.63, 3.8) is 0 Å². The second-order valence-corrected chi connectivity index (χ2v) is 14.3. The molecular weight excluding hydrogens is 691 g/mol. The van der Waals surface area contributed by atoms with Crippen molar-refractivity contribution in [3.8, 4) is 56.2 Å². The molecule has 0 atom stereocenters. The highest BCUT2D eigenvalue weighted by Crippen LogP contribution is 2.40. The third-order valence-corrected chi connectivity index (χ3v) is 10.7. The molecule has 0 N–H and O–H groups in total. The zero-order chi connectivity index (χ0) is 38.0. The maximum Gasteiger partial charge on any atom is 0.160 e. The molecule has 0 aliphatic carbocycles. The summed E-state index contributed by atoms with van der Waals surface area (Å²) in [5, 5.41) is 4.81. The Balaban J connectivity index is 0.991. The fraction of sp³-hybridized carbons (Fsp3) is 0. The van der Waals surface area contributed by atoms with Crippen molar-refractivity contribution in [1.29, 1.82) is 0 Å². The van der Waals surface area contributed by atoms with Crippen molar-refractivity contribution < 1.29 is 0 Å². The minimum Gasteiger partial charge on any atom is -0.310 e. The van der Waals surface area contributed by atoms with Gasteiger partial charge in [-0.05, 0) is 80.9 Å². The lowest BCUT2D eigenvalue weighted by atomic mass is 10.0. The van der Waals surface area contributed by atoms with Crippen molar-refractivity contribution in [1.82, 2.24) is 9.97 Å². The van der Waals surface area contributed by atoms with E-state index < -0.39 is 0 Å². The first kappa shape index (κ1) is 33.9. The van der Waals surface area contributed by atoms with Gasteiger partial charge in [-0.25, -0.2) is 9.97 Å². The summed E-state index contributed by atoms with van der Waals surface area (Å²) >= 11 is 0. The van der Waals surface area contributed by atoms with E-state index in [9.17, 15) is 0 Å². The second-order valence-electron chi connectivity index (χ2n) is 14.3. The second kappa shape index (κ2) is 14.9. The van der Waals surface area contributed by atoms with Gasteiger partial charge in [-0.2, -0.15) is 0 Å². The summed E-state index contributed by atoms with van der Waals surface area (Å²) in [6.07, 6.45) is 0. The smallest absolute Gasteiger partial charge is 0.160 e. The Hall–Kier alpha value is -7.62. The van der Waals surface area contributed by atoms with Gasteiger partial charge in [0.1, 0.15) is 0 Å². The molecule has 1 heterocycles. The number of rotatable bonds is 8. The first-order valence-electron chi connectivity index (χ1n) is 19.3. The van der Waals surface area contributed by atoms with E-state index in [2.05, 4.69) is 223 Å². The van der Waals surface area contributed by atoms with Gasteiger partial charge in [-0.1, -0.05) is 182 Å². The Morgan fingerprint density at radius 2 is 0.737 bits per heavy atom. The van der Waals surface area contributed by atoms with Crippen molar-refractivity contribution >= 4 is 38.6 Å². The lowest BCUT2D eigenvalue weighted by molar-refractivity contribution is 1.18. The fourth-order valence-corrected chi connectivity index (χ4v) is 7.71. The molecule has 0 amide bonds. The van der Waals surface area contributed by atoms with Crippen LogP contribution >= 0.6 is 0 Å². The first-order valence-corrected chi connectivity index (χ1v) is 19.3. The van der Waals surface area contributed by atoms with Crippen molar-refractivity contribution in [3.05, 3.63) is 224 Å². The lowest BCUT2D eigenvalue weighted by Crippen LogP contribution is -2.10. The Labute approximate surface area is 332 Å². The topological polar surface area (TPSA) is 29.0 Å². The summed E-state index contributed by atoms with van der Waals surface area (Å²) < 4.78 is 0. The number of nitrogens with zero attached hydrogens (tertiary/aromatic N) is 3. The fourth-order valence-electron chi connectivity index (χ4n) is 7.71. The van der Waals surface area contributed by atoms with Crippen LogP contribution in [0.25, 0.3) is 77.7 Å². The quantitative estimate of drug-likeness (QED) is 0.156. The minimum absolute atomic E-state index is 0.699. The molecule has 0 fully saturated rings. The molecule has 0 saturated carbocycles. The van der Waals surface area contributed by atoms with Gasteiger partial charge in [0.25, 0.3) is 0 Å². The summed E-state index contributed by atoms with van der Waals surface area (Å²) in [6.45, 7) is 0. The highest BCUT2D eigenvalue weighted by atomic mass is 15.1. The van der Waals surface area contributed by atoms with Crippen LogP contribution in [0, 0.1) is 0 Å². The van der Waals surface area contributed by atoms with Crippen LogP contribution < -0.4 is 4.90 Å². The molecule has 10 rings (SSSR count). The number of aromatic nitrogens is 2. The molecule has 57 heavy (non-hydrogen) atoms. The maximum absolute atomic E-state index is 5.12. The molecule has 0 bridgehead atoms. The summed E-state index contributed by atoms with van der Waals surface area (Å²) in [7, 11) is 0. The Kier molecular flexibility index (Phi) is 8.86. The standard InChI is InChI=1S/C54H37N3/c1-3-12-38(13-4-1)41-28-32-48(33-29-41)57(53-21-11-19-43-15-9-10-20-50(43)53)49-34-30-42(31-35-49)40-22-25-45(26-23-40)54-55-51(44-16-5-2-6-17-44)37-52(56-54)47-27-24-39-14-7-8-18-46(39)36-47/h1-37H. The van der Waals surface area contributed by atoms with Crippen LogP contribution in [-0.2, 0) is 0 Å². The molecule has 0 spiro atoms. The summed E-state index contributed by atoms with van der Waals surface area (Å²) in [5.74, 6) is 0.699.